The lowest BCUT2D eigenvalue weighted by Crippen LogP contribution is -2.08. The predicted molar refractivity (Wildman–Crippen MR) is 70.3 cm³/mol. The number of H-pyrrole nitrogens is 1. The fourth-order valence-electron chi connectivity index (χ4n) is 1.81. The smallest absolute Gasteiger partial charge is 0.339 e. The number of para-hydroxylation sites is 2. The zero-order valence-corrected chi connectivity index (χ0v) is 10.5. The summed E-state index contributed by atoms with van der Waals surface area (Å²) in [5.41, 5.74) is 7.54. The first-order valence-electron chi connectivity index (χ1n) is 5.84. The Morgan fingerprint density at radius 3 is 2.89 bits per heavy atom. The van der Waals surface area contributed by atoms with E-state index in [-0.39, 0.29) is 5.56 Å². The first kappa shape index (κ1) is 12.9. The first-order chi connectivity index (χ1) is 9.09. The minimum Gasteiger partial charge on any atom is -0.491 e. The standard InChI is InChI=1S/C13H15N3O3/c1-8-12(13(17)18)10(16-15-8)6-7-19-11-5-3-2-4-9(11)14/h2-5H,6-7,14H2,1H3,(H,15,16)(H,17,18). The molecule has 4 N–H and O–H groups in total. The normalized spacial score (nSPS) is 10.4. The molecule has 1 aromatic heterocycles. The SMILES string of the molecule is Cc1[nH]nc(CCOc2ccccc2N)c1C(=O)O. The van der Waals surface area contributed by atoms with Gasteiger partial charge in [0.05, 0.1) is 18.0 Å². The van der Waals surface area contributed by atoms with Gasteiger partial charge in [0, 0.05) is 12.1 Å². The zero-order valence-electron chi connectivity index (χ0n) is 10.5. The van der Waals surface area contributed by atoms with Crippen molar-refractivity contribution < 1.29 is 14.6 Å². The van der Waals surface area contributed by atoms with E-state index in [0.29, 0.717) is 35.9 Å². The minimum absolute atomic E-state index is 0.213. The van der Waals surface area contributed by atoms with Gasteiger partial charge < -0.3 is 15.6 Å². The van der Waals surface area contributed by atoms with Crippen molar-refractivity contribution in [1.29, 1.82) is 0 Å². The summed E-state index contributed by atoms with van der Waals surface area (Å²) < 4.78 is 5.51. The number of rotatable bonds is 5. The molecule has 6 heteroatoms. The molecule has 0 fully saturated rings. The Bertz CT molecular complexity index is 593. The average molecular weight is 261 g/mol. The summed E-state index contributed by atoms with van der Waals surface area (Å²) in [6.45, 7) is 1.99. The van der Waals surface area contributed by atoms with Crippen molar-refractivity contribution in [2.24, 2.45) is 0 Å². The largest absolute Gasteiger partial charge is 0.491 e. The van der Waals surface area contributed by atoms with Crippen LogP contribution in [-0.4, -0.2) is 27.9 Å². The highest BCUT2D eigenvalue weighted by atomic mass is 16.5. The average Bonchev–Trinajstić information content (AvgIpc) is 2.73. The van der Waals surface area contributed by atoms with Crippen LogP contribution in [-0.2, 0) is 6.42 Å². The molecule has 0 amide bonds. The third kappa shape index (κ3) is 2.85. The van der Waals surface area contributed by atoms with Gasteiger partial charge >= 0.3 is 5.97 Å². The number of aromatic carboxylic acids is 1. The van der Waals surface area contributed by atoms with Crippen molar-refractivity contribution in [3.8, 4) is 5.75 Å². The van der Waals surface area contributed by atoms with Gasteiger partial charge in [0.15, 0.2) is 0 Å². The summed E-state index contributed by atoms with van der Waals surface area (Å²) in [5, 5.41) is 15.7. The zero-order chi connectivity index (χ0) is 13.8. The van der Waals surface area contributed by atoms with E-state index in [1.807, 2.05) is 12.1 Å². The van der Waals surface area contributed by atoms with E-state index in [0.717, 1.165) is 0 Å². The number of benzene rings is 1. The van der Waals surface area contributed by atoms with Crippen LogP contribution in [0.15, 0.2) is 24.3 Å². The van der Waals surface area contributed by atoms with E-state index >= 15 is 0 Å². The summed E-state index contributed by atoms with van der Waals surface area (Å²) in [7, 11) is 0. The molecular formula is C13H15N3O3. The maximum Gasteiger partial charge on any atom is 0.339 e. The Hall–Kier alpha value is -2.50. The van der Waals surface area contributed by atoms with Gasteiger partial charge in [-0.25, -0.2) is 4.79 Å². The lowest BCUT2D eigenvalue weighted by atomic mass is 10.1. The number of ether oxygens (including phenoxy) is 1. The van der Waals surface area contributed by atoms with Crippen LogP contribution in [0.5, 0.6) is 5.75 Å². The van der Waals surface area contributed by atoms with Crippen molar-refractivity contribution >= 4 is 11.7 Å². The molecule has 100 valence electrons. The topological polar surface area (TPSA) is 101 Å². The molecule has 6 nitrogen and oxygen atoms in total. The van der Waals surface area contributed by atoms with Gasteiger partial charge in [-0.3, -0.25) is 5.10 Å². The fraction of sp³-hybridized carbons (Fsp3) is 0.231. The van der Waals surface area contributed by atoms with Crippen molar-refractivity contribution in [3.63, 3.8) is 0 Å². The third-order valence-corrected chi connectivity index (χ3v) is 2.75. The molecule has 0 bridgehead atoms. The van der Waals surface area contributed by atoms with Crippen LogP contribution in [0.4, 0.5) is 5.69 Å². The van der Waals surface area contributed by atoms with Gasteiger partial charge in [0.2, 0.25) is 0 Å². The third-order valence-electron chi connectivity index (χ3n) is 2.75. The number of carboxylic acid groups (broad SMARTS) is 1. The van der Waals surface area contributed by atoms with E-state index in [4.69, 9.17) is 15.6 Å². The Morgan fingerprint density at radius 1 is 1.47 bits per heavy atom. The molecule has 19 heavy (non-hydrogen) atoms. The summed E-state index contributed by atoms with van der Waals surface area (Å²) >= 11 is 0. The summed E-state index contributed by atoms with van der Waals surface area (Å²) in [5.74, 6) is -0.396. The molecule has 2 aromatic rings. The number of nitrogens with two attached hydrogens (primary N) is 1. The molecule has 0 saturated heterocycles. The second-order valence-corrected chi connectivity index (χ2v) is 4.11. The molecular weight excluding hydrogens is 246 g/mol. The molecule has 0 aliphatic carbocycles. The number of aromatic nitrogens is 2. The molecule has 0 saturated carbocycles. The van der Waals surface area contributed by atoms with Crippen molar-refractivity contribution in [3.05, 3.63) is 41.2 Å². The second-order valence-electron chi connectivity index (χ2n) is 4.11. The van der Waals surface area contributed by atoms with Crippen LogP contribution in [0, 0.1) is 6.92 Å². The monoisotopic (exact) mass is 261 g/mol. The highest BCUT2D eigenvalue weighted by Gasteiger charge is 2.16. The molecule has 0 aliphatic rings. The van der Waals surface area contributed by atoms with Gasteiger partial charge in [0.1, 0.15) is 11.3 Å². The summed E-state index contributed by atoms with van der Waals surface area (Å²) in [6.07, 6.45) is 0.403. The Kier molecular flexibility index (Phi) is 3.70. The van der Waals surface area contributed by atoms with Crippen molar-refractivity contribution in [2.75, 3.05) is 12.3 Å². The van der Waals surface area contributed by atoms with Gasteiger partial charge in [0.25, 0.3) is 0 Å². The van der Waals surface area contributed by atoms with E-state index in [9.17, 15) is 4.79 Å². The number of nitrogens with zero attached hydrogens (tertiary/aromatic N) is 1. The Balaban J connectivity index is 2.00. The number of anilines is 1. The maximum atomic E-state index is 11.1. The van der Waals surface area contributed by atoms with Crippen LogP contribution in [0.25, 0.3) is 0 Å². The lowest BCUT2D eigenvalue weighted by Gasteiger charge is -2.07. The van der Waals surface area contributed by atoms with Crippen molar-refractivity contribution in [1.82, 2.24) is 10.2 Å². The maximum absolute atomic E-state index is 11.1. The van der Waals surface area contributed by atoms with E-state index < -0.39 is 5.97 Å². The van der Waals surface area contributed by atoms with Gasteiger partial charge in [-0.2, -0.15) is 5.10 Å². The van der Waals surface area contributed by atoms with E-state index in [2.05, 4.69) is 10.2 Å². The molecule has 2 rings (SSSR count). The van der Waals surface area contributed by atoms with Crippen LogP contribution in [0.3, 0.4) is 0 Å². The number of carbonyl (C=O) groups is 1. The van der Waals surface area contributed by atoms with Gasteiger partial charge in [-0.1, -0.05) is 12.1 Å². The first-order valence-corrected chi connectivity index (χ1v) is 5.84. The summed E-state index contributed by atoms with van der Waals surface area (Å²) in [6, 6.07) is 7.16. The minimum atomic E-state index is -0.986. The molecule has 0 spiro atoms. The number of aromatic amines is 1. The second kappa shape index (κ2) is 5.43. The number of hydrogen-bond donors (Lipinski definition) is 3. The van der Waals surface area contributed by atoms with Crippen LogP contribution >= 0.6 is 0 Å². The molecule has 0 atom stereocenters. The van der Waals surface area contributed by atoms with Crippen LogP contribution in [0.2, 0.25) is 0 Å². The van der Waals surface area contributed by atoms with E-state index in [1.54, 1.807) is 19.1 Å². The number of aryl methyl sites for hydroxylation is 1. The Labute approximate surface area is 110 Å². The fourth-order valence-corrected chi connectivity index (χ4v) is 1.81. The number of nitrogens with one attached hydrogen (secondary N) is 1. The quantitative estimate of drug-likeness (QED) is 0.710. The van der Waals surface area contributed by atoms with Gasteiger partial charge in [-0.05, 0) is 19.1 Å². The Morgan fingerprint density at radius 2 is 2.21 bits per heavy atom. The lowest BCUT2D eigenvalue weighted by molar-refractivity contribution is 0.0695. The molecule has 0 aliphatic heterocycles. The molecule has 1 heterocycles. The molecule has 1 aromatic carbocycles. The van der Waals surface area contributed by atoms with E-state index in [1.165, 1.54) is 0 Å². The number of nitrogen functional groups attached to an aromatic ring is 1. The van der Waals surface area contributed by atoms with Crippen molar-refractivity contribution in [2.45, 2.75) is 13.3 Å². The highest BCUT2D eigenvalue weighted by Crippen LogP contribution is 2.20. The number of carboxylic acids is 1. The summed E-state index contributed by atoms with van der Waals surface area (Å²) in [4.78, 5) is 11.1. The predicted octanol–water partition coefficient (Wildman–Crippen LogP) is 1.62. The van der Waals surface area contributed by atoms with Crippen LogP contribution in [0.1, 0.15) is 21.7 Å². The molecule has 0 radical (unpaired) electrons. The number of hydrogen-bond acceptors (Lipinski definition) is 4. The van der Waals surface area contributed by atoms with Crippen LogP contribution < -0.4 is 10.5 Å². The molecule has 0 unspecified atom stereocenters. The van der Waals surface area contributed by atoms with Gasteiger partial charge in [-0.15, -0.1) is 0 Å². The highest BCUT2D eigenvalue weighted by molar-refractivity contribution is 5.90.